The highest BCUT2D eigenvalue weighted by Crippen LogP contribution is 2.23. The fourth-order valence-electron chi connectivity index (χ4n) is 4.73. The van der Waals surface area contributed by atoms with Gasteiger partial charge >= 0.3 is 0 Å². The van der Waals surface area contributed by atoms with Crippen LogP contribution in [-0.4, -0.2) is 49.6 Å². The number of para-hydroxylation sites is 1. The van der Waals surface area contributed by atoms with E-state index in [0.29, 0.717) is 19.0 Å². The predicted octanol–water partition coefficient (Wildman–Crippen LogP) is 2.77. The Balaban J connectivity index is 1.48. The molecule has 0 radical (unpaired) electrons. The number of rotatable bonds is 7. The molecule has 0 saturated carbocycles. The van der Waals surface area contributed by atoms with Gasteiger partial charge in [0.15, 0.2) is 0 Å². The van der Waals surface area contributed by atoms with Gasteiger partial charge in [0.2, 0.25) is 11.8 Å². The quantitative estimate of drug-likeness (QED) is 0.542. The second-order valence-corrected chi connectivity index (χ2v) is 9.37. The van der Waals surface area contributed by atoms with Crippen LogP contribution in [0, 0.1) is 33.6 Å². The molecule has 4 rings (SSSR count). The minimum absolute atomic E-state index is 0.113. The third kappa shape index (κ3) is 5.74. The predicted molar refractivity (Wildman–Crippen MR) is 134 cm³/mol. The van der Waals surface area contributed by atoms with Crippen molar-refractivity contribution in [2.75, 3.05) is 18.4 Å². The molecule has 1 unspecified atom stereocenters. The van der Waals surface area contributed by atoms with Crippen LogP contribution in [0.4, 0.5) is 5.69 Å². The highest BCUT2D eigenvalue weighted by molar-refractivity contribution is 5.93. The maximum atomic E-state index is 13.1. The molecule has 184 valence electrons. The zero-order valence-corrected chi connectivity index (χ0v) is 20.8. The van der Waals surface area contributed by atoms with Crippen LogP contribution in [0.1, 0.15) is 46.7 Å². The van der Waals surface area contributed by atoms with E-state index in [4.69, 9.17) is 5.73 Å². The number of anilines is 1. The van der Waals surface area contributed by atoms with E-state index in [1.54, 1.807) is 4.68 Å². The van der Waals surface area contributed by atoms with E-state index in [9.17, 15) is 9.59 Å². The summed E-state index contributed by atoms with van der Waals surface area (Å²) >= 11 is 0. The van der Waals surface area contributed by atoms with Gasteiger partial charge in [-0.05, 0) is 64.8 Å². The van der Waals surface area contributed by atoms with E-state index in [2.05, 4.69) is 25.3 Å². The van der Waals surface area contributed by atoms with Crippen molar-refractivity contribution in [1.82, 2.24) is 24.6 Å². The lowest BCUT2D eigenvalue weighted by molar-refractivity contribution is -0.123. The molecule has 1 aliphatic heterocycles. The summed E-state index contributed by atoms with van der Waals surface area (Å²) in [6.45, 7) is 9.89. The lowest BCUT2D eigenvalue weighted by Gasteiger charge is -2.31. The van der Waals surface area contributed by atoms with Crippen molar-refractivity contribution in [1.29, 1.82) is 0 Å². The largest absolute Gasteiger partial charge is 0.369 e. The minimum Gasteiger partial charge on any atom is -0.369 e. The maximum Gasteiger partial charge on any atom is 0.251 e. The summed E-state index contributed by atoms with van der Waals surface area (Å²) in [5, 5.41) is 7.68. The van der Waals surface area contributed by atoms with Crippen molar-refractivity contribution in [2.45, 2.75) is 53.5 Å². The van der Waals surface area contributed by atoms with Crippen LogP contribution in [0.25, 0.3) is 5.95 Å². The molecule has 1 aliphatic rings. The number of aromatic nitrogens is 4. The van der Waals surface area contributed by atoms with Crippen LogP contribution in [0.5, 0.6) is 0 Å². The number of carbonyl (C=O) groups is 2. The molecule has 35 heavy (non-hydrogen) atoms. The van der Waals surface area contributed by atoms with Crippen molar-refractivity contribution in [3.8, 4) is 5.95 Å². The summed E-state index contributed by atoms with van der Waals surface area (Å²) in [6, 6.07) is 9.71. The molecular weight excluding hydrogens is 442 g/mol. The SMILES string of the molecule is Cc1cc(C)nc(-n2nc(C)c(CC(=O)Nc3ccccc3CN3CCCC(C(N)=O)C3)c2C)n1. The smallest absolute Gasteiger partial charge is 0.251 e. The normalized spacial score (nSPS) is 16.3. The third-order valence-electron chi connectivity index (χ3n) is 6.53. The minimum atomic E-state index is -0.242. The highest BCUT2D eigenvalue weighted by Gasteiger charge is 2.24. The van der Waals surface area contributed by atoms with E-state index >= 15 is 0 Å². The molecule has 3 aromatic rings. The van der Waals surface area contributed by atoms with E-state index in [-0.39, 0.29) is 24.2 Å². The highest BCUT2D eigenvalue weighted by atomic mass is 16.2. The van der Waals surface area contributed by atoms with Crippen LogP contribution in [0.15, 0.2) is 30.3 Å². The number of hydrogen-bond donors (Lipinski definition) is 2. The summed E-state index contributed by atoms with van der Waals surface area (Å²) in [4.78, 5) is 36.0. The van der Waals surface area contributed by atoms with Crippen molar-refractivity contribution in [3.05, 3.63) is 64.2 Å². The van der Waals surface area contributed by atoms with Gasteiger partial charge in [0, 0.05) is 41.4 Å². The van der Waals surface area contributed by atoms with Gasteiger partial charge in [-0.25, -0.2) is 14.6 Å². The number of hydrogen-bond acceptors (Lipinski definition) is 6. The number of nitrogens with two attached hydrogens (primary N) is 1. The van der Waals surface area contributed by atoms with Gasteiger partial charge in [-0.15, -0.1) is 0 Å². The second kappa shape index (κ2) is 10.4. The first-order valence-electron chi connectivity index (χ1n) is 12.0. The number of carbonyl (C=O) groups excluding carboxylic acids is 2. The van der Waals surface area contributed by atoms with Crippen molar-refractivity contribution in [3.63, 3.8) is 0 Å². The Morgan fingerprint density at radius 1 is 1.11 bits per heavy atom. The van der Waals surface area contributed by atoms with Crippen LogP contribution in [0.3, 0.4) is 0 Å². The molecule has 1 atom stereocenters. The Morgan fingerprint density at radius 3 is 2.54 bits per heavy atom. The molecule has 0 aliphatic carbocycles. The third-order valence-corrected chi connectivity index (χ3v) is 6.53. The monoisotopic (exact) mass is 475 g/mol. The van der Waals surface area contributed by atoms with Gasteiger partial charge in [0.05, 0.1) is 18.0 Å². The van der Waals surface area contributed by atoms with E-state index in [1.165, 1.54) is 0 Å². The van der Waals surface area contributed by atoms with Crippen molar-refractivity contribution in [2.24, 2.45) is 11.7 Å². The molecule has 3 N–H and O–H groups in total. The van der Waals surface area contributed by atoms with E-state index in [1.807, 2.05) is 58.0 Å². The van der Waals surface area contributed by atoms with Crippen LogP contribution in [0.2, 0.25) is 0 Å². The Kier molecular flexibility index (Phi) is 7.25. The molecule has 2 amide bonds. The molecule has 1 fully saturated rings. The Morgan fingerprint density at radius 2 is 1.83 bits per heavy atom. The maximum absolute atomic E-state index is 13.1. The number of nitrogens with one attached hydrogen (secondary N) is 1. The molecule has 3 heterocycles. The summed E-state index contributed by atoms with van der Waals surface area (Å²) in [5.41, 5.74) is 11.5. The van der Waals surface area contributed by atoms with Crippen molar-refractivity contribution >= 4 is 17.5 Å². The molecule has 1 aromatic carbocycles. The number of piperidine rings is 1. The summed E-state index contributed by atoms with van der Waals surface area (Å²) in [7, 11) is 0. The zero-order chi connectivity index (χ0) is 25.1. The Hall–Kier alpha value is -3.59. The fourth-order valence-corrected chi connectivity index (χ4v) is 4.73. The zero-order valence-electron chi connectivity index (χ0n) is 20.8. The molecule has 1 saturated heterocycles. The first-order valence-corrected chi connectivity index (χ1v) is 12.0. The molecular formula is C26H33N7O2. The second-order valence-electron chi connectivity index (χ2n) is 9.37. The van der Waals surface area contributed by atoms with Crippen LogP contribution >= 0.6 is 0 Å². The van der Waals surface area contributed by atoms with Gasteiger partial charge in [-0.2, -0.15) is 5.10 Å². The Labute approximate surface area is 205 Å². The topological polar surface area (TPSA) is 119 Å². The van der Waals surface area contributed by atoms with Gasteiger partial charge < -0.3 is 11.1 Å². The number of amides is 2. The number of benzene rings is 1. The number of likely N-dealkylation sites (tertiary alicyclic amines) is 1. The average molecular weight is 476 g/mol. The number of aryl methyl sites for hydroxylation is 3. The summed E-state index contributed by atoms with van der Waals surface area (Å²) in [6.07, 6.45) is 1.98. The van der Waals surface area contributed by atoms with Gasteiger partial charge in [0.25, 0.3) is 5.95 Å². The van der Waals surface area contributed by atoms with Gasteiger partial charge in [-0.3, -0.25) is 14.5 Å². The summed E-state index contributed by atoms with van der Waals surface area (Å²) in [5.74, 6) is 0.0389. The van der Waals surface area contributed by atoms with Gasteiger partial charge in [0.1, 0.15) is 0 Å². The lowest BCUT2D eigenvalue weighted by Crippen LogP contribution is -2.40. The molecule has 9 nitrogen and oxygen atoms in total. The fraction of sp³-hybridized carbons (Fsp3) is 0.423. The van der Waals surface area contributed by atoms with E-state index in [0.717, 1.165) is 59.0 Å². The van der Waals surface area contributed by atoms with Crippen LogP contribution in [-0.2, 0) is 22.6 Å². The number of nitrogens with zero attached hydrogens (tertiary/aromatic N) is 5. The standard InChI is InChI=1S/C26H33N7O2/c1-16-12-17(2)29-26(28-16)33-19(4)22(18(3)31-33)13-24(34)30-23-10-6-5-8-20(23)14-32-11-7-9-21(15-32)25(27)35/h5-6,8,10,12,21H,7,9,11,13-15H2,1-4H3,(H2,27,35)(H,30,34). The molecule has 0 spiro atoms. The lowest BCUT2D eigenvalue weighted by atomic mass is 9.97. The van der Waals surface area contributed by atoms with Crippen molar-refractivity contribution < 1.29 is 9.59 Å². The average Bonchev–Trinajstić information content (AvgIpc) is 3.08. The molecule has 0 bridgehead atoms. The summed E-state index contributed by atoms with van der Waals surface area (Å²) < 4.78 is 1.71. The first-order chi connectivity index (χ1) is 16.7. The Bertz CT molecular complexity index is 1230. The van der Waals surface area contributed by atoms with E-state index < -0.39 is 0 Å². The first kappa shape index (κ1) is 24.5. The molecule has 9 heteroatoms. The number of primary amides is 1. The van der Waals surface area contributed by atoms with Crippen LogP contribution < -0.4 is 11.1 Å². The van der Waals surface area contributed by atoms with Gasteiger partial charge in [-0.1, -0.05) is 18.2 Å². The molecule has 2 aromatic heterocycles.